The van der Waals surface area contributed by atoms with Gasteiger partial charge >= 0.3 is 11.9 Å². The van der Waals surface area contributed by atoms with Crippen LogP contribution in [0.3, 0.4) is 0 Å². The molecule has 104 valence electrons. The lowest BCUT2D eigenvalue weighted by atomic mass is 10.3. The normalized spacial score (nSPS) is 9.89. The van der Waals surface area contributed by atoms with Crippen LogP contribution < -0.4 is 14.2 Å². The van der Waals surface area contributed by atoms with E-state index in [1.165, 1.54) is 0 Å². The second-order valence-corrected chi connectivity index (χ2v) is 3.83. The van der Waals surface area contributed by atoms with E-state index in [4.69, 9.17) is 25.8 Å². The van der Waals surface area contributed by atoms with Crippen molar-refractivity contribution in [1.82, 2.24) is 0 Å². The molecule has 0 atom stereocenters. The Labute approximate surface area is 114 Å². The van der Waals surface area contributed by atoms with E-state index in [0.717, 1.165) is 26.0 Å². The molecule has 7 heteroatoms. The van der Waals surface area contributed by atoms with E-state index in [1.54, 1.807) is 0 Å². The molecule has 0 fully saturated rings. The average molecular weight is 291 g/mol. The molecule has 0 saturated carbocycles. The van der Waals surface area contributed by atoms with Gasteiger partial charge in [0.05, 0.1) is 5.88 Å². The highest BCUT2D eigenvalue weighted by Crippen LogP contribution is 2.38. The summed E-state index contributed by atoms with van der Waals surface area (Å²) in [5.74, 6) is -2.28. The van der Waals surface area contributed by atoms with Gasteiger partial charge in [-0.2, -0.15) is 0 Å². The zero-order valence-electron chi connectivity index (χ0n) is 10.4. The molecule has 0 aromatic heterocycles. The first-order valence-corrected chi connectivity index (χ1v) is 5.86. The topological polar surface area (TPSA) is 61.8 Å². The standard InChI is InChI=1S/C12H12ClFO5/c1-7(15)18-10-5-9(14)6-11(19-8(2)16)12(10)17-4-3-13/h5-6H,3-4H2,1-2H3. The van der Waals surface area contributed by atoms with Crippen LogP contribution in [0.5, 0.6) is 17.2 Å². The van der Waals surface area contributed by atoms with Crippen molar-refractivity contribution in [3.63, 3.8) is 0 Å². The summed E-state index contributed by atoms with van der Waals surface area (Å²) < 4.78 is 28.2. The van der Waals surface area contributed by atoms with E-state index in [1.807, 2.05) is 0 Å². The first kappa shape index (κ1) is 15.2. The highest BCUT2D eigenvalue weighted by molar-refractivity contribution is 6.18. The minimum atomic E-state index is -0.731. The molecule has 0 heterocycles. The molecule has 0 aliphatic carbocycles. The number of hydrogen-bond donors (Lipinski definition) is 0. The van der Waals surface area contributed by atoms with Crippen LogP contribution in [-0.2, 0) is 9.59 Å². The largest absolute Gasteiger partial charge is 0.485 e. The van der Waals surface area contributed by atoms with Crippen LogP contribution in [0.25, 0.3) is 0 Å². The van der Waals surface area contributed by atoms with Gasteiger partial charge in [-0.25, -0.2) is 4.39 Å². The molecule has 5 nitrogen and oxygen atoms in total. The van der Waals surface area contributed by atoms with Crippen LogP contribution in [0.2, 0.25) is 0 Å². The molecular weight excluding hydrogens is 279 g/mol. The molecular formula is C12H12ClFO5. The number of hydrogen-bond acceptors (Lipinski definition) is 5. The predicted octanol–water partition coefficient (Wildman–Crippen LogP) is 2.29. The van der Waals surface area contributed by atoms with Gasteiger partial charge in [-0.1, -0.05) is 0 Å². The minimum Gasteiger partial charge on any atom is -0.485 e. The first-order chi connectivity index (χ1) is 8.93. The van der Waals surface area contributed by atoms with E-state index >= 15 is 0 Å². The maximum Gasteiger partial charge on any atom is 0.308 e. The Bertz CT molecular complexity index is 452. The van der Waals surface area contributed by atoms with Gasteiger partial charge in [-0.05, 0) is 0 Å². The van der Waals surface area contributed by atoms with Crippen LogP contribution in [0.15, 0.2) is 12.1 Å². The molecule has 0 N–H and O–H groups in total. The van der Waals surface area contributed by atoms with Crippen LogP contribution in [0.4, 0.5) is 4.39 Å². The van der Waals surface area contributed by atoms with Gasteiger partial charge in [-0.3, -0.25) is 9.59 Å². The van der Waals surface area contributed by atoms with Crippen LogP contribution in [-0.4, -0.2) is 24.4 Å². The Hall–Kier alpha value is -1.82. The number of benzene rings is 1. The van der Waals surface area contributed by atoms with Crippen molar-refractivity contribution in [2.24, 2.45) is 0 Å². The summed E-state index contributed by atoms with van der Waals surface area (Å²) >= 11 is 5.48. The monoisotopic (exact) mass is 290 g/mol. The Morgan fingerprint density at radius 1 is 1.16 bits per heavy atom. The summed E-state index contributed by atoms with van der Waals surface area (Å²) in [5.41, 5.74) is 0. The number of carbonyl (C=O) groups is 2. The van der Waals surface area contributed by atoms with Gasteiger partial charge in [0.25, 0.3) is 0 Å². The molecule has 1 rings (SSSR count). The maximum absolute atomic E-state index is 13.4. The SMILES string of the molecule is CC(=O)Oc1cc(F)cc(OC(C)=O)c1OCCCl. The molecule has 0 bridgehead atoms. The fourth-order valence-corrected chi connectivity index (χ4v) is 1.37. The van der Waals surface area contributed by atoms with Gasteiger partial charge in [-0.15, -0.1) is 11.6 Å². The number of ether oxygens (including phenoxy) is 3. The second kappa shape index (κ2) is 6.94. The Balaban J connectivity index is 3.21. The van der Waals surface area contributed by atoms with Crippen LogP contribution in [0.1, 0.15) is 13.8 Å². The summed E-state index contributed by atoms with van der Waals surface area (Å²) in [5, 5.41) is 0. The highest BCUT2D eigenvalue weighted by Gasteiger charge is 2.18. The lowest BCUT2D eigenvalue weighted by Gasteiger charge is -2.14. The summed E-state index contributed by atoms with van der Waals surface area (Å²) in [7, 11) is 0. The quantitative estimate of drug-likeness (QED) is 0.473. The van der Waals surface area contributed by atoms with E-state index in [9.17, 15) is 14.0 Å². The van der Waals surface area contributed by atoms with Gasteiger partial charge in [0, 0.05) is 26.0 Å². The summed E-state index contributed by atoms with van der Waals surface area (Å²) in [6.07, 6.45) is 0. The molecule has 0 spiro atoms. The van der Waals surface area contributed by atoms with E-state index in [2.05, 4.69) is 0 Å². The van der Waals surface area contributed by atoms with Crippen molar-refractivity contribution < 1.29 is 28.2 Å². The minimum absolute atomic E-state index is 0.0487. The van der Waals surface area contributed by atoms with Crippen molar-refractivity contribution in [2.75, 3.05) is 12.5 Å². The highest BCUT2D eigenvalue weighted by atomic mass is 35.5. The van der Waals surface area contributed by atoms with E-state index in [-0.39, 0.29) is 29.7 Å². The van der Waals surface area contributed by atoms with Gasteiger partial charge in [0.15, 0.2) is 11.5 Å². The van der Waals surface area contributed by atoms with Crippen molar-refractivity contribution in [3.8, 4) is 17.2 Å². The van der Waals surface area contributed by atoms with Crippen molar-refractivity contribution in [2.45, 2.75) is 13.8 Å². The summed E-state index contributed by atoms with van der Waals surface area (Å²) in [4.78, 5) is 21.9. The molecule has 0 aliphatic rings. The summed E-state index contributed by atoms with van der Waals surface area (Å²) in [6.45, 7) is 2.39. The smallest absolute Gasteiger partial charge is 0.308 e. The average Bonchev–Trinajstić information content (AvgIpc) is 2.26. The van der Waals surface area contributed by atoms with E-state index in [0.29, 0.717) is 0 Å². The lowest BCUT2D eigenvalue weighted by molar-refractivity contribution is -0.132. The van der Waals surface area contributed by atoms with Crippen LogP contribution in [0, 0.1) is 5.82 Å². The maximum atomic E-state index is 13.4. The second-order valence-electron chi connectivity index (χ2n) is 3.46. The zero-order chi connectivity index (χ0) is 14.4. The first-order valence-electron chi connectivity index (χ1n) is 5.33. The summed E-state index contributed by atoms with van der Waals surface area (Å²) in [6, 6.07) is 1.91. The molecule has 19 heavy (non-hydrogen) atoms. The molecule has 0 aliphatic heterocycles. The Morgan fingerprint density at radius 3 is 2.00 bits per heavy atom. The number of carbonyl (C=O) groups excluding carboxylic acids is 2. The van der Waals surface area contributed by atoms with Crippen molar-refractivity contribution in [1.29, 1.82) is 0 Å². The molecule has 0 radical (unpaired) electrons. The van der Waals surface area contributed by atoms with Crippen molar-refractivity contribution >= 4 is 23.5 Å². The Morgan fingerprint density at radius 2 is 1.63 bits per heavy atom. The number of halogens is 2. The third kappa shape index (κ3) is 4.75. The number of esters is 2. The van der Waals surface area contributed by atoms with Crippen LogP contribution >= 0.6 is 11.6 Å². The molecule has 0 saturated heterocycles. The molecule has 0 unspecified atom stereocenters. The predicted molar refractivity (Wildman–Crippen MR) is 65.2 cm³/mol. The third-order valence-corrected chi connectivity index (χ3v) is 1.97. The molecule has 0 amide bonds. The van der Waals surface area contributed by atoms with Crippen molar-refractivity contribution in [3.05, 3.63) is 17.9 Å². The van der Waals surface area contributed by atoms with Gasteiger partial charge in [0.2, 0.25) is 5.75 Å². The number of rotatable bonds is 5. The van der Waals surface area contributed by atoms with E-state index < -0.39 is 17.8 Å². The lowest BCUT2D eigenvalue weighted by Crippen LogP contribution is -2.09. The molecule has 1 aromatic carbocycles. The zero-order valence-corrected chi connectivity index (χ0v) is 11.1. The third-order valence-electron chi connectivity index (χ3n) is 1.82. The van der Waals surface area contributed by atoms with Gasteiger partial charge in [0.1, 0.15) is 12.4 Å². The Kier molecular flexibility index (Phi) is 5.57. The fourth-order valence-electron chi connectivity index (χ4n) is 1.29. The fraction of sp³-hybridized carbons (Fsp3) is 0.333. The number of alkyl halides is 1. The van der Waals surface area contributed by atoms with Gasteiger partial charge < -0.3 is 14.2 Å². The molecule has 1 aromatic rings.